The van der Waals surface area contributed by atoms with Gasteiger partial charge in [-0.05, 0) is 18.2 Å². The van der Waals surface area contributed by atoms with Gasteiger partial charge in [-0.2, -0.15) is 4.99 Å². The molecule has 74 valence electrons. The molecule has 1 rings (SSSR count). The van der Waals surface area contributed by atoms with Crippen molar-refractivity contribution in [2.45, 2.75) is 3.79 Å². The highest BCUT2D eigenvalue weighted by Gasteiger charge is 2.25. The van der Waals surface area contributed by atoms with Crippen LogP contribution in [0, 0.1) is 0 Å². The molecule has 0 heterocycles. The Hall–Kier alpha value is -0.240. The van der Waals surface area contributed by atoms with Crippen molar-refractivity contribution in [1.82, 2.24) is 0 Å². The lowest BCUT2D eigenvalue weighted by Crippen LogP contribution is -2.00. The van der Waals surface area contributed by atoms with E-state index in [1.165, 1.54) is 24.3 Å². The van der Waals surface area contributed by atoms with Crippen LogP contribution in [-0.2, 0) is 8.59 Å². The van der Waals surface area contributed by atoms with Crippen molar-refractivity contribution < 1.29 is 4.79 Å². The summed E-state index contributed by atoms with van der Waals surface area (Å²) in [6, 6.07) is 4.43. The first-order valence-electron chi connectivity index (χ1n) is 3.40. The van der Waals surface area contributed by atoms with Gasteiger partial charge < -0.3 is 0 Å². The largest absolute Gasteiger partial charge is 0.240 e. The average molecular weight is 271 g/mol. The Morgan fingerprint density at radius 2 is 1.93 bits per heavy atom. The van der Waals surface area contributed by atoms with Crippen molar-refractivity contribution in [3.8, 4) is 0 Å². The Balaban J connectivity index is 3.28. The number of rotatable bonds is 1. The van der Waals surface area contributed by atoms with Gasteiger partial charge in [-0.15, -0.1) is 0 Å². The van der Waals surface area contributed by atoms with E-state index in [9.17, 15) is 4.79 Å². The summed E-state index contributed by atoms with van der Waals surface area (Å²) in [6.45, 7) is 0. The molecular weight excluding hydrogens is 268 g/mol. The molecule has 6 heteroatoms. The highest BCUT2D eigenvalue weighted by atomic mass is 35.6. The van der Waals surface area contributed by atoms with Crippen molar-refractivity contribution in [2.24, 2.45) is 4.99 Å². The molecule has 1 aromatic rings. The molecule has 0 fully saturated rings. The number of isocyanates is 1. The van der Waals surface area contributed by atoms with Crippen LogP contribution in [0.3, 0.4) is 0 Å². The molecule has 0 spiro atoms. The number of nitrogens with zero attached hydrogens (tertiary/aromatic N) is 1. The van der Waals surface area contributed by atoms with E-state index in [0.717, 1.165) is 0 Å². The molecule has 0 N–H and O–H groups in total. The lowest BCUT2D eigenvalue weighted by Gasteiger charge is -2.12. The maximum Gasteiger partial charge on any atom is 0.240 e. The van der Waals surface area contributed by atoms with E-state index >= 15 is 0 Å². The molecule has 14 heavy (non-hydrogen) atoms. The van der Waals surface area contributed by atoms with E-state index in [4.69, 9.17) is 46.4 Å². The normalized spacial score (nSPS) is 10.9. The predicted octanol–water partition coefficient (Wildman–Crippen LogP) is 4.13. The molecule has 0 aliphatic carbocycles. The summed E-state index contributed by atoms with van der Waals surface area (Å²) in [5, 5.41) is 0.301. The number of benzene rings is 1. The molecule has 0 bridgehead atoms. The summed E-state index contributed by atoms with van der Waals surface area (Å²) in [6.07, 6.45) is 1.38. The van der Waals surface area contributed by atoms with E-state index < -0.39 is 3.79 Å². The first-order chi connectivity index (χ1) is 6.45. The average Bonchev–Trinajstić information content (AvgIpc) is 2.07. The summed E-state index contributed by atoms with van der Waals surface area (Å²) in [5.74, 6) is 0. The van der Waals surface area contributed by atoms with Crippen LogP contribution in [0.2, 0.25) is 5.02 Å². The quantitative estimate of drug-likeness (QED) is 0.429. The topological polar surface area (TPSA) is 29.4 Å². The zero-order chi connectivity index (χ0) is 10.8. The van der Waals surface area contributed by atoms with Crippen LogP contribution in [0.1, 0.15) is 5.56 Å². The number of aliphatic imine (C=N–C) groups is 1. The van der Waals surface area contributed by atoms with Gasteiger partial charge in [0.2, 0.25) is 9.87 Å². The molecule has 0 aromatic heterocycles. The third-order valence-corrected chi connectivity index (χ3v) is 2.37. The Labute approximate surface area is 100 Å². The number of halogens is 4. The van der Waals surface area contributed by atoms with Crippen LogP contribution >= 0.6 is 46.4 Å². The van der Waals surface area contributed by atoms with Gasteiger partial charge in [0.1, 0.15) is 0 Å². The number of hydrogen-bond acceptors (Lipinski definition) is 2. The second kappa shape index (κ2) is 4.52. The molecule has 1 aromatic carbocycles. The van der Waals surface area contributed by atoms with Crippen LogP contribution in [-0.4, -0.2) is 6.08 Å². The van der Waals surface area contributed by atoms with E-state index in [1.54, 1.807) is 0 Å². The molecule has 0 unspecified atom stereocenters. The van der Waals surface area contributed by atoms with Crippen molar-refractivity contribution in [1.29, 1.82) is 0 Å². The molecule has 0 atom stereocenters. The number of carbonyl (C=O) groups excluding carboxylic acids is 1. The molecule has 0 saturated heterocycles. The summed E-state index contributed by atoms with van der Waals surface area (Å²) >= 11 is 22.7. The third kappa shape index (κ3) is 2.88. The lowest BCUT2D eigenvalue weighted by atomic mass is 10.2. The minimum Gasteiger partial charge on any atom is -0.211 e. The first-order valence-corrected chi connectivity index (χ1v) is 4.91. The van der Waals surface area contributed by atoms with Gasteiger partial charge in [0.15, 0.2) is 0 Å². The highest BCUT2D eigenvalue weighted by Crippen LogP contribution is 2.42. The third-order valence-electron chi connectivity index (χ3n) is 1.43. The Bertz CT molecular complexity index is 393. The fraction of sp³-hybridized carbons (Fsp3) is 0.125. The van der Waals surface area contributed by atoms with Gasteiger partial charge in [-0.3, -0.25) is 0 Å². The Morgan fingerprint density at radius 3 is 2.43 bits per heavy atom. The smallest absolute Gasteiger partial charge is 0.211 e. The molecule has 0 aliphatic heterocycles. The summed E-state index contributed by atoms with van der Waals surface area (Å²) in [4.78, 5) is 13.4. The fourth-order valence-corrected chi connectivity index (χ4v) is 1.73. The predicted molar refractivity (Wildman–Crippen MR) is 58.5 cm³/mol. The SMILES string of the molecule is O=C=Nc1ccc(Cl)c(C(Cl)(Cl)Cl)c1. The summed E-state index contributed by atoms with van der Waals surface area (Å²) in [5.41, 5.74) is 0.617. The van der Waals surface area contributed by atoms with Gasteiger partial charge in [-0.1, -0.05) is 46.4 Å². The van der Waals surface area contributed by atoms with E-state index in [2.05, 4.69) is 4.99 Å². The zero-order valence-corrected chi connectivity index (χ0v) is 9.62. The van der Waals surface area contributed by atoms with Crippen molar-refractivity contribution >= 4 is 58.2 Å². The highest BCUT2D eigenvalue weighted by molar-refractivity contribution is 6.67. The van der Waals surface area contributed by atoms with E-state index in [-0.39, 0.29) is 5.56 Å². The maximum absolute atomic E-state index is 10.00. The Kier molecular flexibility index (Phi) is 3.82. The van der Waals surface area contributed by atoms with Crippen LogP contribution in [0.15, 0.2) is 23.2 Å². The van der Waals surface area contributed by atoms with Crippen molar-refractivity contribution in [2.75, 3.05) is 0 Å². The van der Waals surface area contributed by atoms with Gasteiger partial charge in [0.25, 0.3) is 0 Å². The minimum atomic E-state index is -1.63. The maximum atomic E-state index is 10.00. The summed E-state index contributed by atoms with van der Waals surface area (Å²) < 4.78 is -1.63. The van der Waals surface area contributed by atoms with Gasteiger partial charge in [-0.25, -0.2) is 4.79 Å². The number of alkyl halides is 3. The standard InChI is InChI=1S/C8H3Cl4NO/c9-7-2-1-5(13-4-14)3-6(7)8(10,11)12/h1-3H. The van der Waals surface area contributed by atoms with Gasteiger partial charge >= 0.3 is 0 Å². The Morgan fingerprint density at radius 1 is 1.29 bits per heavy atom. The van der Waals surface area contributed by atoms with E-state index in [1.807, 2.05) is 0 Å². The molecule has 2 nitrogen and oxygen atoms in total. The first kappa shape index (κ1) is 11.8. The van der Waals surface area contributed by atoms with Crippen LogP contribution in [0.5, 0.6) is 0 Å². The summed E-state index contributed by atoms with van der Waals surface area (Å²) in [7, 11) is 0. The molecule has 0 aliphatic rings. The molecule has 0 radical (unpaired) electrons. The molecular formula is C8H3Cl4NO. The van der Waals surface area contributed by atoms with E-state index in [0.29, 0.717) is 10.7 Å². The monoisotopic (exact) mass is 269 g/mol. The van der Waals surface area contributed by atoms with Gasteiger partial charge in [0.05, 0.1) is 5.69 Å². The van der Waals surface area contributed by atoms with Crippen LogP contribution in [0.4, 0.5) is 5.69 Å². The van der Waals surface area contributed by atoms with Crippen molar-refractivity contribution in [3.63, 3.8) is 0 Å². The molecule has 0 amide bonds. The number of hydrogen-bond donors (Lipinski definition) is 0. The molecule has 0 saturated carbocycles. The fourth-order valence-electron chi connectivity index (χ4n) is 0.853. The second-order valence-electron chi connectivity index (χ2n) is 2.36. The van der Waals surface area contributed by atoms with Crippen molar-refractivity contribution in [3.05, 3.63) is 28.8 Å². The van der Waals surface area contributed by atoms with Crippen LogP contribution < -0.4 is 0 Å². The second-order valence-corrected chi connectivity index (χ2v) is 5.05. The zero-order valence-electron chi connectivity index (χ0n) is 6.60. The lowest BCUT2D eigenvalue weighted by molar-refractivity contribution is 0.565. The van der Waals surface area contributed by atoms with Gasteiger partial charge in [0, 0.05) is 10.6 Å². The minimum absolute atomic E-state index is 0.278. The van der Waals surface area contributed by atoms with Crippen LogP contribution in [0.25, 0.3) is 0 Å².